The molecule has 0 atom stereocenters. The van der Waals surface area contributed by atoms with Crippen LogP contribution in [0.15, 0.2) is 35.4 Å². The van der Waals surface area contributed by atoms with Gasteiger partial charge in [0, 0.05) is 22.8 Å². The number of carbonyl (C=O) groups is 1. The maximum absolute atomic E-state index is 12.4. The van der Waals surface area contributed by atoms with Crippen molar-refractivity contribution in [2.45, 2.75) is 6.92 Å². The highest BCUT2D eigenvalue weighted by Crippen LogP contribution is 2.19. The van der Waals surface area contributed by atoms with Crippen LogP contribution in [0.25, 0.3) is 10.2 Å². The maximum Gasteiger partial charge on any atom is 0.282 e. The Morgan fingerprint density at radius 1 is 1.43 bits per heavy atom. The van der Waals surface area contributed by atoms with Gasteiger partial charge in [-0.05, 0) is 37.3 Å². The number of rotatable bonds is 2. The summed E-state index contributed by atoms with van der Waals surface area (Å²) in [5, 5.41) is 0.501. The zero-order valence-electron chi connectivity index (χ0n) is 10.9. The van der Waals surface area contributed by atoms with E-state index in [4.69, 9.17) is 12.2 Å². The van der Waals surface area contributed by atoms with E-state index in [1.54, 1.807) is 18.2 Å². The Labute approximate surface area is 128 Å². The van der Waals surface area contributed by atoms with E-state index in [9.17, 15) is 9.59 Å². The topological polar surface area (TPSA) is 79.8 Å². The van der Waals surface area contributed by atoms with E-state index in [2.05, 4.69) is 15.4 Å². The molecule has 0 unspecified atom stereocenters. The molecule has 0 aliphatic rings. The molecule has 0 aliphatic carbocycles. The van der Waals surface area contributed by atoms with Crippen LogP contribution in [0.2, 0.25) is 0 Å². The van der Waals surface area contributed by atoms with Gasteiger partial charge in [-0.15, -0.1) is 11.3 Å². The molecular weight excluding hydrogens is 308 g/mol. The normalized spacial score (nSPS) is 10.7. The Hall–Kier alpha value is -2.32. The first-order valence-corrected chi connectivity index (χ1v) is 7.25. The van der Waals surface area contributed by atoms with Crippen molar-refractivity contribution in [2.75, 3.05) is 5.43 Å². The Kier molecular flexibility index (Phi) is 3.40. The number of H-pyrrole nitrogens is 1. The summed E-state index contributed by atoms with van der Waals surface area (Å²) in [6.07, 6.45) is 3.01. The lowest BCUT2D eigenvalue weighted by Crippen LogP contribution is -2.34. The van der Waals surface area contributed by atoms with Crippen molar-refractivity contribution in [3.63, 3.8) is 0 Å². The molecule has 8 heteroatoms. The summed E-state index contributed by atoms with van der Waals surface area (Å²) in [6, 6.07) is 4.88. The predicted molar refractivity (Wildman–Crippen MR) is 83.9 cm³/mol. The van der Waals surface area contributed by atoms with Crippen LogP contribution in [0.3, 0.4) is 0 Å². The zero-order valence-corrected chi connectivity index (χ0v) is 12.5. The third kappa shape index (κ3) is 2.50. The van der Waals surface area contributed by atoms with Crippen molar-refractivity contribution in [2.24, 2.45) is 0 Å². The van der Waals surface area contributed by atoms with Crippen LogP contribution in [0.5, 0.6) is 0 Å². The minimum Gasteiger partial charge on any atom is -0.322 e. The molecule has 1 amide bonds. The third-order valence-electron chi connectivity index (χ3n) is 2.87. The van der Waals surface area contributed by atoms with Crippen LogP contribution in [0, 0.1) is 11.7 Å². The zero-order chi connectivity index (χ0) is 15.0. The highest BCUT2D eigenvalue weighted by molar-refractivity contribution is 7.71. The monoisotopic (exact) mass is 318 g/mol. The summed E-state index contributed by atoms with van der Waals surface area (Å²) in [6.45, 7) is 1.90. The van der Waals surface area contributed by atoms with E-state index in [1.165, 1.54) is 23.7 Å². The number of nitrogens with zero attached hydrogens (tertiary/aromatic N) is 2. The molecule has 0 aliphatic heterocycles. The fourth-order valence-electron chi connectivity index (χ4n) is 1.90. The van der Waals surface area contributed by atoms with Gasteiger partial charge in [-0.2, -0.15) is 4.68 Å². The molecule has 0 radical (unpaired) electrons. The van der Waals surface area contributed by atoms with Crippen molar-refractivity contribution in [3.05, 3.63) is 56.2 Å². The van der Waals surface area contributed by atoms with Crippen molar-refractivity contribution in [1.29, 1.82) is 0 Å². The van der Waals surface area contributed by atoms with Gasteiger partial charge in [0.25, 0.3) is 11.5 Å². The van der Waals surface area contributed by atoms with Crippen molar-refractivity contribution >= 4 is 39.7 Å². The molecule has 6 nitrogen and oxygen atoms in total. The maximum atomic E-state index is 12.4. The molecule has 3 aromatic heterocycles. The molecule has 0 aromatic carbocycles. The largest absolute Gasteiger partial charge is 0.322 e. The van der Waals surface area contributed by atoms with E-state index >= 15 is 0 Å². The molecule has 3 aromatic rings. The summed E-state index contributed by atoms with van der Waals surface area (Å²) in [5.41, 5.74) is 2.55. The van der Waals surface area contributed by atoms with Crippen LogP contribution in [-0.2, 0) is 0 Å². The van der Waals surface area contributed by atoms with Gasteiger partial charge in [0.05, 0.1) is 5.39 Å². The second-order valence-corrected chi connectivity index (χ2v) is 5.99. The third-order valence-corrected chi connectivity index (χ3v) is 4.12. The molecule has 2 N–H and O–H groups in total. The lowest BCUT2D eigenvalue weighted by Gasteiger charge is -2.08. The van der Waals surface area contributed by atoms with Crippen molar-refractivity contribution in [3.8, 4) is 0 Å². The lowest BCUT2D eigenvalue weighted by molar-refractivity contribution is 0.101. The number of aromatic amines is 1. The van der Waals surface area contributed by atoms with E-state index < -0.39 is 5.91 Å². The molecule has 21 heavy (non-hydrogen) atoms. The molecule has 0 saturated heterocycles. The lowest BCUT2D eigenvalue weighted by atomic mass is 10.3. The number of hydrogen-bond donors (Lipinski definition) is 2. The molecular formula is C13H10N4O2S2. The summed E-state index contributed by atoms with van der Waals surface area (Å²) >= 11 is 6.58. The Morgan fingerprint density at radius 3 is 2.86 bits per heavy atom. The minimum absolute atomic E-state index is 0.150. The van der Waals surface area contributed by atoms with Crippen LogP contribution in [0.1, 0.15) is 15.2 Å². The van der Waals surface area contributed by atoms with Crippen LogP contribution in [0.4, 0.5) is 0 Å². The first-order chi connectivity index (χ1) is 10.1. The van der Waals surface area contributed by atoms with Gasteiger partial charge >= 0.3 is 0 Å². The molecule has 0 saturated carbocycles. The Balaban J connectivity index is 2.07. The van der Waals surface area contributed by atoms with Gasteiger partial charge in [-0.25, -0.2) is 0 Å². The number of hydrogen-bond acceptors (Lipinski definition) is 5. The SMILES string of the molecule is Cc1cc2c(=O)n(NC(=O)c3ccncc3)c(=S)[nH]c2s1. The fraction of sp³-hybridized carbons (Fsp3) is 0.0769. The summed E-state index contributed by atoms with van der Waals surface area (Å²) in [5.74, 6) is -0.426. The van der Waals surface area contributed by atoms with Gasteiger partial charge in [-0.3, -0.25) is 20.0 Å². The highest BCUT2D eigenvalue weighted by Gasteiger charge is 2.11. The molecule has 3 heterocycles. The fourth-order valence-corrected chi connectivity index (χ4v) is 3.10. The Morgan fingerprint density at radius 2 is 2.14 bits per heavy atom. The molecule has 3 rings (SSSR count). The number of pyridine rings is 1. The molecule has 106 valence electrons. The summed E-state index contributed by atoms with van der Waals surface area (Å²) in [4.78, 5) is 33.0. The number of carbonyl (C=O) groups excluding carboxylic acids is 1. The predicted octanol–water partition coefficient (Wildman–Crippen LogP) is 2.21. The second-order valence-electron chi connectivity index (χ2n) is 4.35. The van der Waals surface area contributed by atoms with E-state index in [-0.39, 0.29) is 10.3 Å². The van der Waals surface area contributed by atoms with Gasteiger partial charge < -0.3 is 4.98 Å². The first kappa shape index (κ1) is 13.7. The highest BCUT2D eigenvalue weighted by atomic mass is 32.1. The van der Waals surface area contributed by atoms with Crippen molar-refractivity contribution in [1.82, 2.24) is 14.6 Å². The smallest absolute Gasteiger partial charge is 0.282 e. The number of nitrogens with one attached hydrogen (secondary N) is 2. The number of amides is 1. The standard InChI is InChI=1S/C13H10N4O2S2/c1-7-6-9-11(21-7)15-13(20)17(12(9)19)16-10(18)8-2-4-14-5-3-8/h2-6H,1H3,(H,15,20)(H,16,18). The van der Waals surface area contributed by atoms with Gasteiger partial charge in [0.15, 0.2) is 0 Å². The van der Waals surface area contributed by atoms with E-state index in [1.807, 2.05) is 6.92 Å². The average Bonchev–Trinajstić information content (AvgIpc) is 2.85. The molecule has 0 spiro atoms. The first-order valence-electron chi connectivity index (χ1n) is 6.03. The van der Waals surface area contributed by atoms with Gasteiger partial charge in [0.2, 0.25) is 4.77 Å². The van der Waals surface area contributed by atoms with E-state index in [0.717, 1.165) is 9.55 Å². The van der Waals surface area contributed by atoms with Gasteiger partial charge in [-0.1, -0.05) is 0 Å². The number of aromatic nitrogens is 3. The number of fused-ring (bicyclic) bond motifs is 1. The van der Waals surface area contributed by atoms with Gasteiger partial charge in [0.1, 0.15) is 4.83 Å². The van der Waals surface area contributed by atoms with E-state index in [0.29, 0.717) is 15.8 Å². The van der Waals surface area contributed by atoms with Crippen molar-refractivity contribution < 1.29 is 4.79 Å². The minimum atomic E-state index is -0.426. The van der Waals surface area contributed by atoms with Crippen LogP contribution < -0.4 is 11.0 Å². The number of aryl methyl sites for hydroxylation is 1. The summed E-state index contributed by atoms with van der Waals surface area (Å²) < 4.78 is 1.20. The molecule has 0 fully saturated rings. The Bertz CT molecular complexity index is 940. The van der Waals surface area contributed by atoms with Crippen LogP contribution in [-0.4, -0.2) is 20.6 Å². The molecule has 0 bridgehead atoms. The summed E-state index contributed by atoms with van der Waals surface area (Å²) in [7, 11) is 0. The van der Waals surface area contributed by atoms with Crippen LogP contribution >= 0.6 is 23.6 Å². The second kappa shape index (κ2) is 5.23. The quantitative estimate of drug-likeness (QED) is 0.710. The average molecular weight is 318 g/mol. The number of thiophene rings is 1.